The molecular weight excluding hydrogens is 504 g/mol. The van der Waals surface area contributed by atoms with Gasteiger partial charge in [0.15, 0.2) is 5.11 Å². The summed E-state index contributed by atoms with van der Waals surface area (Å²) in [6, 6.07) is 17.1. The van der Waals surface area contributed by atoms with E-state index in [4.69, 9.17) is 12.2 Å². The quantitative estimate of drug-likeness (QED) is 0.354. The van der Waals surface area contributed by atoms with E-state index < -0.39 is 5.97 Å². The van der Waals surface area contributed by atoms with Gasteiger partial charge in [-0.15, -0.1) is 0 Å². The number of thiocarbonyl (C=S) groups is 1. The molecule has 2 heterocycles. The van der Waals surface area contributed by atoms with E-state index in [0.29, 0.717) is 5.69 Å². The normalized spacial score (nSPS) is 17.1. The van der Waals surface area contributed by atoms with Crippen LogP contribution >= 0.6 is 24.0 Å². The molecule has 2 aliphatic heterocycles. The van der Waals surface area contributed by atoms with Gasteiger partial charge >= 0.3 is 5.97 Å². The van der Waals surface area contributed by atoms with Crippen LogP contribution in [0.1, 0.15) is 27.7 Å². The number of aliphatic carboxylic acids is 1. The highest BCUT2D eigenvalue weighted by atomic mass is 32.2. The number of nitrogens with zero attached hydrogens (tertiary/aromatic N) is 4. The summed E-state index contributed by atoms with van der Waals surface area (Å²) in [5, 5.41) is 10.5. The Hall–Kier alpha value is -3.14. The molecule has 7 nitrogen and oxygen atoms in total. The third kappa shape index (κ3) is 6.60. The number of benzene rings is 2. The summed E-state index contributed by atoms with van der Waals surface area (Å²) in [4.78, 5) is 33.0. The number of hydrogen-bond donors (Lipinski definition) is 1. The Morgan fingerprint density at radius 1 is 0.946 bits per heavy atom. The van der Waals surface area contributed by atoms with Crippen LogP contribution in [-0.2, 0) is 9.59 Å². The number of carbonyl (C=O) groups excluding carboxylic acids is 1. The van der Waals surface area contributed by atoms with Crippen molar-refractivity contribution in [1.82, 2.24) is 9.80 Å². The summed E-state index contributed by atoms with van der Waals surface area (Å²) >= 11 is 7.08. The zero-order valence-electron chi connectivity index (χ0n) is 21.8. The fourth-order valence-corrected chi connectivity index (χ4v) is 5.60. The SMILES string of the molecule is CCN(CC)CC.CCN1/C(=C/C=C2\C(=O)N(c3ccccc3)C(=S)N2CC(=O)O)Sc2ccccc21. The summed E-state index contributed by atoms with van der Waals surface area (Å²) in [6.07, 6.45) is 3.52. The van der Waals surface area contributed by atoms with Gasteiger partial charge in [-0.2, -0.15) is 0 Å². The lowest BCUT2D eigenvalue weighted by Gasteiger charge is -2.18. The topological polar surface area (TPSA) is 67.3 Å². The molecule has 37 heavy (non-hydrogen) atoms. The minimum Gasteiger partial charge on any atom is -0.480 e. The highest BCUT2D eigenvalue weighted by molar-refractivity contribution is 8.03. The van der Waals surface area contributed by atoms with Gasteiger partial charge in [-0.1, -0.05) is 62.9 Å². The van der Waals surface area contributed by atoms with Crippen LogP contribution in [0.4, 0.5) is 11.4 Å². The Bertz CT molecular complexity index is 1170. The molecule has 1 N–H and O–H groups in total. The molecule has 1 amide bonds. The molecule has 2 aromatic carbocycles. The number of carbonyl (C=O) groups is 2. The van der Waals surface area contributed by atoms with Gasteiger partial charge in [-0.25, -0.2) is 0 Å². The van der Waals surface area contributed by atoms with Crippen LogP contribution in [-0.4, -0.2) is 64.6 Å². The number of amides is 1. The van der Waals surface area contributed by atoms with Gasteiger partial charge in [0.05, 0.1) is 16.4 Å². The predicted molar refractivity (Wildman–Crippen MR) is 156 cm³/mol. The van der Waals surface area contributed by atoms with Crippen LogP contribution in [0.15, 0.2) is 82.4 Å². The molecule has 1 saturated heterocycles. The first-order chi connectivity index (χ1) is 17.9. The monoisotopic (exact) mass is 538 g/mol. The lowest BCUT2D eigenvalue weighted by atomic mass is 10.2. The number of hydrogen-bond acceptors (Lipinski definition) is 6. The van der Waals surface area contributed by atoms with Crippen molar-refractivity contribution in [3.05, 3.63) is 77.5 Å². The lowest BCUT2D eigenvalue weighted by molar-refractivity contribution is -0.137. The van der Waals surface area contributed by atoms with Gasteiger partial charge in [0.1, 0.15) is 12.2 Å². The van der Waals surface area contributed by atoms with Gasteiger partial charge < -0.3 is 19.8 Å². The molecule has 2 aliphatic rings. The van der Waals surface area contributed by atoms with Gasteiger partial charge in [-0.05, 0) is 75.2 Å². The van der Waals surface area contributed by atoms with Crippen LogP contribution in [0, 0.1) is 0 Å². The lowest BCUT2D eigenvalue weighted by Crippen LogP contribution is -2.35. The van der Waals surface area contributed by atoms with Crippen LogP contribution in [0.2, 0.25) is 0 Å². The molecule has 0 spiro atoms. The Balaban J connectivity index is 0.000000479. The summed E-state index contributed by atoms with van der Waals surface area (Å²) < 4.78 is 0. The second-order valence-electron chi connectivity index (χ2n) is 8.23. The standard InChI is InChI=1S/C22H19N3O3S2.C6H15N/c1-2-23-16-10-6-7-11-18(16)30-19(23)13-12-17-21(28)25(15-8-4-3-5-9-15)22(29)24(17)14-20(26)27;1-4-7(5-2)6-3/h3-13H,2,14H2,1H3,(H,26,27);4-6H2,1-3H3/b17-12+,19-13-;. The second kappa shape index (κ2) is 13.4. The van der Waals surface area contributed by atoms with Crippen molar-refractivity contribution >= 4 is 52.3 Å². The predicted octanol–water partition coefficient (Wildman–Crippen LogP) is 5.41. The summed E-state index contributed by atoms with van der Waals surface area (Å²) in [6.45, 7) is 12.6. The van der Waals surface area contributed by atoms with Crippen molar-refractivity contribution in [2.24, 2.45) is 0 Å². The van der Waals surface area contributed by atoms with Crippen molar-refractivity contribution in [3.8, 4) is 0 Å². The van der Waals surface area contributed by atoms with Crippen LogP contribution < -0.4 is 9.80 Å². The van der Waals surface area contributed by atoms with Crippen LogP contribution in [0.5, 0.6) is 0 Å². The minimum absolute atomic E-state index is 0.160. The zero-order chi connectivity index (χ0) is 26.9. The molecule has 0 aliphatic carbocycles. The van der Waals surface area contributed by atoms with E-state index in [0.717, 1.165) is 22.2 Å². The van der Waals surface area contributed by atoms with Gasteiger partial charge in [0, 0.05) is 11.4 Å². The van der Waals surface area contributed by atoms with Gasteiger partial charge in [0.25, 0.3) is 5.91 Å². The van der Waals surface area contributed by atoms with E-state index in [1.807, 2.05) is 36.4 Å². The molecule has 0 radical (unpaired) electrons. The molecule has 0 atom stereocenters. The number of fused-ring (bicyclic) bond motifs is 1. The van der Waals surface area contributed by atoms with Crippen molar-refractivity contribution < 1.29 is 14.7 Å². The average molecular weight is 539 g/mol. The Morgan fingerprint density at radius 2 is 1.57 bits per heavy atom. The number of allylic oxidation sites excluding steroid dienone is 2. The fraction of sp³-hybridized carbons (Fsp3) is 0.321. The largest absolute Gasteiger partial charge is 0.480 e. The highest BCUT2D eigenvalue weighted by Gasteiger charge is 2.39. The zero-order valence-corrected chi connectivity index (χ0v) is 23.4. The maximum atomic E-state index is 13.2. The molecule has 1 fully saturated rings. The van der Waals surface area contributed by atoms with E-state index in [1.165, 1.54) is 29.4 Å². The molecule has 4 rings (SSSR count). The molecule has 0 unspecified atom stereocenters. The van der Waals surface area contributed by atoms with Crippen LogP contribution in [0.3, 0.4) is 0 Å². The molecule has 0 bridgehead atoms. The van der Waals surface area contributed by atoms with Crippen molar-refractivity contribution in [3.63, 3.8) is 0 Å². The Labute approximate surface area is 229 Å². The molecule has 0 aromatic heterocycles. The maximum Gasteiger partial charge on any atom is 0.323 e. The summed E-state index contributed by atoms with van der Waals surface area (Å²) in [5.74, 6) is -1.40. The third-order valence-corrected chi connectivity index (χ3v) is 7.65. The number of anilines is 2. The molecular formula is C28H34N4O3S2. The first-order valence-electron chi connectivity index (χ1n) is 12.5. The molecule has 9 heteroatoms. The summed E-state index contributed by atoms with van der Waals surface area (Å²) in [5.41, 5.74) is 1.97. The average Bonchev–Trinajstić information content (AvgIpc) is 3.37. The second-order valence-corrected chi connectivity index (χ2v) is 9.66. The molecule has 0 saturated carbocycles. The van der Waals surface area contributed by atoms with E-state index in [1.54, 1.807) is 30.0 Å². The van der Waals surface area contributed by atoms with E-state index in [2.05, 4.69) is 49.6 Å². The first kappa shape index (κ1) is 28.4. The Morgan fingerprint density at radius 3 is 2.14 bits per heavy atom. The summed E-state index contributed by atoms with van der Waals surface area (Å²) in [7, 11) is 0. The smallest absolute Gasteiger partial charge is 0.323 e. The van der Waals surface area contributed by atoms with E-state index in [9.17, 15) is 14.7 Å². The molecule has 2 aromatic rings. The highest BCUT2D eigenvalue weighted by Crippen LogP contribution is 2.45. The van der Waals surface area contributed by atoms with Gasteiger partial charge in [-0.3, -0.25) is 14.5 Å². The Kier molecular flexibility index (Phi) is 10.3. The van der Waals surface area contributed by atoms with Crippen molar-refractivity contribution in [1.29, 1.82) is 0 Å². The van der Waals surface area contributed by atoms with E-state index >= 15 is 0 Å². The number of carboxylic acid groups (broad SMARTS) is 1. The van der Waals surface area contributed by atoms with Crippen molar-refractivity contribution in [2.45, 2.75) is 32.6 Å². The number of rotatable bonds is 8. The minimum atomic E-state index is -1.06. The number of carboxylic acids is 1. The van der Waals surface area contributed by atoms with Crippen LogP contribution in [0.25, 0.3) is 0 Å². The first-order valence-corrected chi connectivity index (χ1v) is 13.7. The maximum absolute atomic E-state index is 13.2. The fourth-order valence-electron chi connectivity index (χ4n) is 4.12. The number of thioether (sulfide) groups is 1. The van der Waals surface area contributed by atoms with Gasteiger partial charge in [0.2, 0.25) is 0 Å². The molecule has 196 valence electrons. The third-order valence-electron chi connectivity index (χ3n) is 6.12. The number of para-hydroxylation sites is 2. The van der Waals surface area contributed by atoms with E-state index in [-0.39, 0.29) is 23.3 Å². The van der Waals surface area contributed by atoms with Crippen molar-refractivity contribution in [2.75, 3.05) is 42.5 Å².